The van der Waals surface area contributed by atoms with Crippen LogP contribution in [-0.4, -0.2) is 103 Å². The highest BCUT2D eigenvalue weighted by Crippen LogP contribution is 2.34. The second kappa shape index (κ2) is 17.3. The number of carbonyl (C=O) groups excluding carboxylic acids is 3. The number of fused-ring (bicyclic) bond motifs is 2. The molecule has 260 valence electrons. The summed E-state index contributed by atoms with van der Waals surface area (Å²) in [5, 5.41) is 37.3. The zero-order valence-electron chi connectivity index (χ0n) is 26.9. The van der Waals surface area contributed by atoms with Crippen LogP contribution in [-0.2, 0) is 20.7 Å². The number of nitrogens with two attached hydrogens (primary N) is 1. The molecular formula is C31H49N9O6S. The highest BCUT2D eigenvalue weighted by molar-refractivity contribution is 8.00. The van der Waals surface area contributed by atoms with Gasteiger partial charge in [0, 0.05) is 43.4 Å². The van der Waals surface area contributed by atoms with E-state index in [0.29, 0.717) is 60.9 Å². The van der Waals surface area contributed by atoms with Gasteiger partial charge in [0.05, 0.1) is 35.9 Å². The molecule has 0 spiro atoms. The van der Waals surface area contributed by atoms with Crippen molar-refractivity contribution >= 4 is 46.5 Å². The number of thioether (sulfide) groups is 1. The molecule has 5 heterocycles. The average Bonchev–Trinajstić information content (AvgIpc) is 3.81. The summed E-state index contributed by atoms with van der Waals surface area (Å²) in [7, 11) is 0. The number of aromatic nitrogens is 4. The van der Waals surface area contributed by atoms with Crippen molar-refractivity contribution < 1.29 is 29.3 Å². The normalized spacial score (nSPS) is 25.1. The Hall–Kier alpha value is -3.21. The summed E-state index contributed by atoms with van der Waals surface area (Å²) in [5.74, 6) is 1.42. The minimum absolute atomic E-state index is 0.0447. The molecule has 0 bridgehead atoms. The Morgan fingerprint density at radius 2 is 1.74 bits per heavy atom. The Bertz CT molecular complexity index is 1360. The Balaban J connectivity index is 0.873. The molecule has 0 aliphatic carbocycles. The summed E-state index contributed by atoms with van der Waals surface area (Å²) in [6, 6.07) is 0.391. The van der Waals surface area contributed by atoms with Gasteiger partial charge in [-0.1, -0.05) is 19.3 Å². The smallest absolute Gasteiger partial charge is 0.315 e. The van der Waals surface area contributed by atoms with Gasteiger partial charge in [-0.3, -0.25) is 9.59 Å². The van der Waals surface area contributed by atoms with Crippen molar-refractivity contribution in [3.63, 3.8) is 0 Å². The fraction of sp³-hybridized carbons (Fsp3) is 0.742. The lowest BCUT2D eigenvalue weighted by atomic mass is 10.0. The lowest BCUT2D eigenvalue weighted by molar-refractivity contribution is -0.122. The number of unbranched alkanes of at least 4 members (excludes halogenated alkanes) is 5. The average molecular weight is 676 g/mol. The van der Waals surface area contributed by atoms with Gasteiger partial charge in [0.15, 0.2) is 11.9 Å². The zero-order valence-corrected chi connectivity index (χ0v) is 27.7. The van der Waals surface area contributed by atoms with Gasteiger partial charge >= 0.3 is 6.03 Å². The highest BCUT2D eigenvalue weighted by atomic mass is 32.2. The van der Waals surface area contributed by atoms with E-state index in [9.17, 15) is 24.6 Å². The van der Waals surface area contributed by atoms with Crippen LogP contribution in [0.2, 0.25) is 0 Å². The summed E-state index contributed by atoms with van der Waals surface area (Å²) in [6.45, 7) is 0.963. The fourth-order valence-electron chi connectivity index (χ4n) is 6.56. The first-order chi connectivity index (χ1) is 22.8. The van der Waals surface area contributed by atoms with Gasteiger partial charge in [0.2, 0.25) is 11.8 Å². The number of hydrogen-bond donors (Lipinski definition) is 7. The number of urea groups is 1. The lowest BCUT2D eigenvalue weighted by Gasteiger charge is -2.16. The molecule has 3 saturated heterocycles. The fourth-order valence-corrected chi connectivity index (χ4v) is 8.10. The first-order valence-corrected chi connectivity index (χ1v) is 18.0. The van der Waals surface area contributed by atoms with Gasteiger partial charge in [-0.2, -0.15) is 16.9 Å². The lowest BCUT2D eigenvalue weighted by Crippen LogP contribution is -2.36. The highest BCUT2D eigenvalue weighted by Gasteiger charge is 2.42. The maximum Gasteiger partial charge on any atom is 0.315 e. The van der Waals surface area contributed by atoms with Crippen LogP contribution >= 0.6 is 11.8 Å². The molecule has 3 aliphatic heterocycles. The monoisotopic (exact) mass is 675 g/mol. The molecule has 0 saturated carbocycles. The SMILES string of the molecule is Nc1ncnc2c1c(CCCCCNC(=O)CCCCCNC(=O)CCCC[C@@H]1SC[C@@H]3NC(=O)N[C@@H]31)nn2[C@@H]1C[C@H](O)[C@@H](CO)O1. The summed E-state index contributed by atoms with van der Waals surface area (Å²) < 4.78 is 7.40. The predicted octanol–water partition coefficient (Wildman–Crippen LogP) is 1.28. The van der Waals surface area contributed by atoms with Crippen LogP contribution in [0.25, 0.3) is 11.0 Å². The first kappa shape index (κ1) is 35.1. The largest absolute Gasteiger partial charge is 0.394 e. The Morgan fingerprint density at radius 3 is 2.47 bits per heavy atom. The topological polar surface area (TPSA) is 219 Å². The molecule has 47 heavy (non-hydrogen) atoms. The number of nitrogen functional groups attached to an aromatic ring is 1. The molecule has 8 N–H and O–H groups in total. The van der Waals surface area contributed by atoms with Gasteiger partial charge in [-0.25, -0.2) is 19.4 Å². The van der Waals surface area contributed by atoms with E-state index in [4.69, 9.17) is 15.6 Å². The van der Waals surface area contributed by atoms with Crippen molar-refractivity contribution in [1.29, 1.82) is 0 Å². The van der Waals surface area contributed by atoms with Gasteiger partial charge < -0.3 is 42.0 Å². The molecule has 4 amide bonds. The Kier molecular flexibility index (Phi) is 12.9. The molecule has 16 heteroatoms. The van der Waals surface area contributed by atoms with Crippen molar-refractivity contribution in [2.45, 2.75) is 119 Å². The van der Waals surface area contributed by atoms with Crippen molar-refractivity contribution in [2.75, 3.05) is 31.2 Å². The minimum Gasteiger partial charge on any atom is -0.394 e. The zero-order chi connectivity index (χ0) is 33.2. The third-order valence-electron chi connectivity index (χ3n) is 9.14. The third kappa shape index (κ3) is 9.45. The number of anilines is 1. The molecular weight excluding hydrogens is 626 g/mol. The number of aliphatic hydroxyl groups excluding tert-OH is 2. The van der Waals surface area contributed by atoms with Crippen LogP contribution in [0.15, 0.2) is 6.33 Å². The van der Waals surface area contributed by atoms with Gasteiger partial charge in [-0.05, 0) is 44.9 Å². The van der Waals surface area contributed by atoms with E-state index in [1.807, 2.05) is 11.8 Å². The number of nitrogens with one attached hydrogen (secondary N) is 4. The number of nitrogens with zero attached hydrogens (tertiary/aromatic N) is 4. The predicted molar refractivity (Wildman–Crippen MR) is 177 cm³/mol. The Labute approximate surface area is 278 Å². The van der Waals surface area contributed by atoms with Crippen LogP contribution in [0, 0.1) is 0 Å². The molecule has 0 unspecified atom stereocenters. The molecule has 0 aromatic carbocycles. The van der Waals surface area contributed by atoms with Crippen LogP contribution < -0.4 is 27.0 Å². The minimum atomic E-state index is -0.783. The maximum atomic E-state index is 12.2. The number of carbonyl (C=O) groups is 3. The van der Waals surface area contributed by atoms with Gasteiger partial charge in [-0.15, -0.1) is 0 Å². The second-order valence-electron chi connectivity index (χ2n) is 12.7. The summed E-state index contributed by atoms with van der Waals surface area (Å²) in [6.07, 6.45) is 9.26. The van der Waals surface area contributed by atoms with Crippen LogP contribution in [0.1, 0.15) is 89.0 Å². The van der Waals surface area contributed by atoms with Gasteiger partial charge in [0.1, 0.15) is 18.2 Å². The number of rotatable bonds is 19. The molecule has 0 radical (unpaired) electrons. The van der Waals surface area contributed by atoms with E-state index in [1.165, 1.54) is 6.33 Å². The summed E-state index contributed by atoms with van der Waals surface area (Å²) in [5.41, 5.74) is 7.46. The first-order valence-electron chi connectivity index (χ1n) is 17.0. The Morgan fingerprint density at radius 1 is 1.02 bits per heavy atom. The van der Waals surface area contributed by atoms with Gasteiger partial charge in [0.25, 0.3) is 0 Å². The van der Waals surface area contributed by atoms with Crippen LogP contribution in [0.4, 0.5) is 10.6 Å². The number of hydrogen-bond acceptors (Lipinski definition) is 11. The molecule has 6 atom stereocenters. The van der Waals surface area contributed by atoms with E-state index in [2.05, 4.69) is 31.2 Å². The number of ether oxygens (including phenoxy) is 1. The third-order valence-corrected chi connectivity index (χ3v) is 10.7. The molecule has 2 aromatic heterocycles. The summed E-state index contributed by atoms with van der Waals surface area (Å²) in [4.78, 5) is 44.4. The van der Waals surface area contributed by atoms with E-state index in [0.717, 1.165) is 69.2 Å². The number of aryl methyl sites for hydroxylation is 1. The van der Waals surface area contributed by atoms with Crippen molar-refractivity contribution in [3.8, 4) is 0 Å². The molecule has 2 aromatic rings. The molecule has 15 nitrogen and oxygen atoms in total. The maximum absolute atomic E-state index is 12.2. The quantitative estimate of drug-likeness (QED) is 0.0831. The van der Waals surface area contributed by atoms with Crippen molar-refractivity contribution in [1.82, 2.24) is 41.0 Å². The molecule has 5 rings (SSSR count). The standard InChI is InChI=1S/C31H49N9O6S/c32-29-27-19(39-40(30(27)36-18-35-29)26-15-21(42)22(16-41)46-26)9-3-1-7-13-33-24(43)11-4-2-8-14-34-25(44)12-6-5-10-23-28-20(17-47-23)37-31(45)38-28/h18,20-23,26,28,41-42H,1-17H2,(H,33,43)(H,34,44)(H2,32,35,36)(H2,37,38,45)/t20-,21-,22+,23-,26-,28-/m0/s1. The molecule has 3 aliphatic rings. The van der Waals surface area contributed by atoms with Crippen molar-refractivity contribution in [3.05, 3.63) is 12.0 Å². The van der Waals surface area contributed by atoms with Crippen molar-refractivity contribution in [2.24, 2.45) is 0 Å². The van der Waals surface area contributed by atoms with Crippen LogP contribution in [0.3, 0.4) is 0 Å². The second-order valence-corrected chi connectivity index (χ2v) is 13.9. The molecule has 3 fully saturated rings. The number of aliphatic hydroxyl groups is 2. The number of amides is 4. The van der Waals surface area contributed by atoms with Crippen LogP contribution in [0.5, 0.6) is 0 Å². The van der Waals surface area contributed by atoms with E-state index < -0.39 is 18.4 Å². The summed E-state index contributed by atoms with van der Waals surface area (Å²) >= 11 is 1.90. The van der Waals surface area contributed by atoms with E-state index in [1.54, 1.807) is 4.68 Å². The van der Waals surface area contributed by atoms with E-state index >= 15 is 0 Å². The van der Waals surface area contributed by atoms with E-state index in [-0.39, 0.29) is 36.5 Å².